The molecule has 0 saturated heterocycles. The average molecular weight is 445 g/mol. The van der Waals surface area contributed by atoms with Crippen LogP contribution in [-0.4, -0.2) is 17.9 Å². The van der Waals surface area contributed by atoms with E-state index in [2.05, 4.69) is 31.4 Å². The summed E-state index contributed by atoms with van der Waals surface area (Å²) in [6.07, 6.45) is -0.676. The minimum atomic E-state index is -0.676. The van der Waals surface area contributed by atoms with Crippen molar-refractivity contribution in [3.8, 4) is 5.75 Å². The Morgan fingerprint density at radius 1 is 0.848 bits per heavy atom. The van der Waals surface area contributed by atoms with Crippen LogP contribution in [0.5, 0.6) is 5.75 Å². The standard InChI is InChI=1S/C28H32N2O3/c1-18-9-7-12-25(19(18)2)33-20(3)26(31)29-23-10-8-11-24(17-23)30-27(32)21-13-15-22(16-14-21)28(4,5)6/h7-17,20H,1-6H3,(H,29,31)(H,30,32). The third kappa shape index (κ3) is 6.22. The molecule has 3 rings (SSSR count). The van der Waals surface area contributed by atoms with Crippen molar-refractivity contribution in [1.82, 2.24) is 0 Å². The molecule has 0 spiro atoms. The number of aryl methyl sites for hydroxylation is 1. The van der Waals surface area contributed by atoms with Gasteiger partial charge in [-0.15, -0.1) is 0 Å². The number of benzene rings is 3. The molecule has 0 radical (unpaired) electrons. The molecule has 2 amide bonds. The van der Waals surface area contributed by atoms with Gasteiger partial charge in [0.15, 0.2) is 6.10 Å². The fourth-order valence-electron chi connectivity index (χ4n) is 3.34. The highest BCUT2D eigenvalue weighted by molar-refractivity contribution is 6.04. The van der Waals surface area contributed by atoms with Gasteiger partial charge in [0.25, 0.3) is 11.8 Å². The average Bonchev–Trinajstić information content (AvgIpc) is 2.76. The van der Waals surface area contributed by atoms with Crippen LogP contribution in [0.2, 0.25) is 0 Å². The van der Waals surface area contributed by atoms with Crippen molar-refractivity contribution in [2.75, 3.05) is 10.6 Å². The molecule has 0 aliphatic carbocycles. The Hall–Kier alpha value is -3.60. The summed E-state index contributed by atoms with van der Waals surface area (Å²) in [5.74, 6) is 0.221. The zero-order chi connectivity index (χ0) is 24.2. The molecule has 1 unspecified atom stereocenters. The second kappa shape index (κ2) is 9.90. The van der Waals surface area contributed by atoms with Crippen LogP contribution in [0.4, 0.5) is 11.4 Å². The van der Waals surface area contributed by atoms with E-state index in [0.717, 1.165) is 11.1 Å². The molecule has 3 aromatic carbocycles. The normalized spacial score (nSPS) is 12.1. The summed E-state index contributed by atoms with van der Waals surface area (Å²) in [5, 5.41) is 5.75. The van der Waals surface area contributed by atoms with Gasteiger partial charge in [-0.1, -0.05) is 51.1 Å². The number of hydrogen-bond acceptors (Lipinski definition) is 3. The van der Waals surface area contributed by atoms with E-state index in [0.29, 0.717) is 22.7 Å². The summed E-state index contributed by atoms with van der Waals surface area (Å²) < 4.78 is 5.86. The van der Waals surface area contributed by atoms with Crippen LogP contribution in [0.25, 0.3) is 0 Å². The largest absolute Gasteiger partial charge is 0.481 e. The van der Waals surface area contributed by atoms with E-state index >= 15 is 0 Å². The van der Waals surface area contributed by atoms with Crippen molar-refractivity contribution in [3.05, 3.63) is 89.0 Å². The van der Waals surface area contributed by atoms with Gasteiger partial charge in [-0.3, -0.25) is 9.59 Å². The Morgan fingerprint density at radius 3 is 2.09 bits per heavy atom. The highest BCUT2D eigenvalue weighted by atomic mass is 16.5. The van der Waals surface area contributed by atoms with Gasteiger partial charge < -0.3 is 15.4 Å². The summed E-state index contributed by atoms with van der Waals surface area (Å²) in [4.78, 5) is 25.3. The van der Waals surface area contributed by atoms with Crippen molar-refractivity contribution in [1.29, 1.82) is 0 Å². The summed E-state index contributed by atoms with van der Waals surface area (Å²) >= 11 is 0. The van der Waals surface area contributed by atoms with Crippen LogP contribution in [0.3, 0.4) is 0 Å². The van der Waals surface area contributed by atoms with Gasteiger partial charge in [0.2, 0.25) is 0 Å². The number of ether oxygens (including phenoxy) is 1. The number of anilines is 2. The predicted octanol–water partition coefficient (Wildman–Crippen LogP) is 6.26. The number of amides is 2. The summed E-state index contributed by atoms with van der Waals surface area (Å²) in [6.45, 7) is 12.1. The van der Waals surface area contributed by atoms with Crippen molar-refractivity contribution >= 4 is 23.2 Å². The maximum atomic E-state index is 12.7. The summed E-state index contributed by atoms with van der Waals surface area (Å²) in [6, 6.07) is 20.4. The molecule has 0 saturated carbocycles. The molecule has 0 bridgehead atoms. The first-order chi connectivity index (χ1) is 15.5. The van der Waals surface area contributed by atoms with Gasteiger partial charge in [-0.05, 0) is 79.3 Å². The molecule has 0 fully saturated rings. The lowest BCUT2D eigenvalue weighted by molar-refractivity contribution is -0.122. The molecule has 2 N–H and O–H groups in total. The van der Waals surface area contributed by atoms with Gasteiger partial charge in [0.05, 0.1) is 0 Å². The molecule has 0 heterocycles. The topological polar surface area (TPSA) is 67.4 Å². The second-order valence-corrected chi connectivity index (χ2v) is 9.31. The predicted molar refractivity (Wildman–Crippen MR) is 134 cm³/mol. The van der Waals surface area contributed by atoms with E-state index in [1.165, 1.54) is 5.56 Å². The Balaban J connectivity index is 1.63. The second-order valence-electron chi connectivity index (χ2n) is 9.31. The fourth-order valence-corrected chi connectivity index (χ4v) is 3.34. The molecule has 33 heavy (non-hydrogen) atoms. The van der Waals surface area contributed by atoms with Gasteiger partial charge in [0, 0.05) is 16.9 Å². The van der Waals surface area contributed by atoms with E-state index in [1.807, 2.05) is 56.3 Å². The summed E-state index contributed by atoms with van der Waals surface area (Å²) in [5.41, 5.74) is 5.07. The Morgan fingerprint density at radius 2 is 1.45 bits per heavy atom. The third-order valence-electron chi connectivity index (χ3n) is 5.63. The van der Waals surface area contributed by atoms with Crippen LogP contribution in [0.1, 0.15) is 54.7 Å². The number of nitrogens with one attached hydrogen (secondary N) is 2. The van der Waals surface area contributed by atoms with E-state index in [-0.39, 0.29) is 17.2 Å². The maximum absolute atomic E-state index is 12.7. The lowest BCUT2D eigenvalue weighted by atomic mass is 9.87. The van der Waals surface area contributed by atoms with E-state index in [4.69, 9.17) is 4.74 Å². The molecule has 5 heteroatoms. The van der Waals surface area contributed by atoms with E-state index in [9.17, 15) is 9.59 Å². The van der Waals surface area contributed by atoms with Gasteiger partial charge in [-0.25, -0.2) is 0 Å². The van der Waals surface area contributed by atoms with Gasteiger partial charge in [0.1, 0.15) is 5.75 Å². The quantitative estimate of drug-likeness (QED) is 0.472. The number of hydrogen-bond donors (Lipinski definition) is 2. The van der Waals surface area contributed by atoms with Crippen molar-refractivity contribution < 1.29 is 14.3 Å². The fraction of sp³-hybridized carbons (Fsp3) is 0.286. The Labute approximate surface area is 196 Å². The zero-order valence-corrected chi connectivity index (χ0v) is 20.2. The van der Waals surface area contributed by atoms with Crippen LogP contribution < -0.4 is 15.4 Å². The monoisotopic (exact) mass is 444 g/mol. The summed E-state index contributed by atoms with van der Waals surface area (Å²) in [7, 11) is 0. The molecule has 0 aliphatic heterocycles. The SMILES string of the molecule is Cc1cccc(OC(C)C(=O)Nc2cccc(NC(=O)c3ccc(C(C)(C)C)cc3)c2)c1C. The molecule has 5 nitrogen and oxygen atoms in total. The highest BCUT2D eigenvalue weighted by Crippen LogP contribution is 2.24. The van der Waals surface area contributed by atoms with Gasteiger partial charge >= 0.3 is 0 Å². The number of carbonyl (C=O) groups excluding carboxylic acids is 2. The smallest absolute Gasteiger partial charge is 0.265 e. The molecule has 0 aliphatic rings. The van der Waals surface area contributed by atoms with Crippen molar-refractivity contribution in [2.24, 2.45) is 0 Å². The van der Waals surface area contributed by atoms with Crippen molar-refractivity contribution in [2.45, 2.75) is 53.1 Å². The molecule has 3 aromatic rings. The first-order valence-corrected chi connectivity index (χ1v) is 11.1. The molecule has 1 atom stereocenters. The lowest BCUT2D eigenvalue weighted by Crippen LogP contribution is -2.30. The maximum Gasteiger partial charge on any atom is 0.265 e. The number of rotatable bonds is 6. The van der Waals surface area contributed by atoms with Gasteiger partial charge in [-0.2, -0.15) is 0 Å². The molecule has 0 aromatic heterocycles. The first kappa shape index (κ1) is 24.1. The lowest BCUT2D eigenvalue weighted by Gasteiger charge is -2.19. The number of carbonyl (C=O) groups is 2. The van der Waals surface area contributed by atoms with E-state index in [1.54, 1.807) is 31.2 Å². The highest BCUT2D eigenvalue weighted by Gasteiger charge is 2.17. The van der Waals surface area contributed by atoms with Crippen LogP contribution >= 0.6 is 0 Å². The third-order valence-corrected chi connectivity index (χ3v) is 5.63. The Kier molecular flexibility index (Phi) is 7.22. The van der Waals surface area contributed by atoms with Crippen LogP contribution in [-0.2, 0) is 10.2 Å². The van der Waals surface area contributed by atoms with Crippen molar-refractivity contribution in [3.63, 3.8) is 0 Å². The van der Waals surface area contributed by atoms with Crippen LogP contribution in [0.15, 0.2) is 66.7 Å². The minimum absolute atomic E-state index is 0.0282. The first-order valence-electron chi connectivity index (χ1n) is 11.1. The van der Waals surface area contributed by atoms with E-state index < -0.39 is 6.10 Å². The zero-order valence-electron chi connectivity index (χ0n) is 20.2. The van der Waals surface area contributed by atoms with Crippen LogP contribution in [0, 0.1) is 13.8 Å². The molecular formula is C28H32N2O3. The molecular weight excluding hydrogens is 412 g/mol. The Bertz CT molecular complexity index is 1140. The minimum Gasteiger partial charge on any atom is -0.481 e. The molecule has 172 valence electrons.